The minimum atomic E-state index is -3.67. The average Bonchev–Trinajstić information content (AvgIpc) is 2.80. The fraction of sp³-hybridized carbons (Fsp3) is 0.333. The zero-order valence-electron chi connectivity index (χ0n) is 17.2. The monoisotopic (exact) mass is 498 g/mol. The van der Waals surface area contributed by atoms with Crippen LogP contribution in [-0.4, -0.2) is 63.3 Å². The Kier molecular flexibility index (Phi) is 8.94. The number of nitrogens with one attached hydrogen (secondary N) is 1. The van der Waals surface area contributed by atoms with E-state index in [0.717, 1.165) is 4.90 Å². The van der Waals surface area contributed by atoms with Crippen LogP contribution < -0.4 is 5.32 Å². The summed E-state index contributed by atoms with van der Waals surface area (Å²) in [6.07, 6.45) is 0.147. The Hall–Kier alpha value is -2.11. The van der Waals surface area contributed by atoms with Gasteiger partial charge in [0, 0.05) is 34.4 Å². The molecule has 11 heteroatoms. The van der Waals surface area contributed by atoms with E-state index in [1.807, 2.05) is 12.1 Å². The van der Waals surface area contributed by atoms with E-state index < -0.39 is 28.5 Å². The number of sulfonamides is 1. The molecule has 1 amide bonds. The molecule has 32 heavy (non-hydrogen) atoms. The fourth-order valence-corrected chi connectivity index (χ4v) is 5.28. The molecule has 1 saturated heterocycles. The Balaban J connectivity index is 1.45. The van der Waals surface area contributed by atoms with Crippen LogP contribution in [0.3, 0.4) is 0 Å². The maximum Gasteiger partial charge on any atom is 0.307 e. The molecule has 0 radical (unpaired) electrons. The Morgan fingerprint density at radius 3 is 2.56 bits per heavy atom. The van der Waals surface area contributed by atoms with Crippen molar-refractivity contribution in [1.82, 2.24) is 4.31 Å². The molecule has 0 saturated carbocycles. The van der Waals surface area contributed by atoms with Crippen molar-refractivity contribution < 1.29 is 27.5 Å². The largest absolute Gasteiger partial charge is 0.456 e. The molecule has 3 rings (SSSR count). The summed E-state index contributed by atoms with van der Waals surface area (Å²) >= 11 is 7.31. The molecule has 8 nitrogen and oxygen atoms in total. The molecule has 0 bridgehead atoms. The highest BCUT2D eigenvalue weighted by Crippen LogP contribution is 2.22. The Morgan fingerprint density at radius 2 is 1.84 bits per heavy atom. The molecule has 2 aromatic rings. The Labute approximate surface area is 196 Å². The van der Waals surface area contributed by atoms with Crippen molar-refractivity contribution in [1.29, 1.82) is 0 Å². The third-order valence-corrected chi connectivity index (χ3v) is 7.64. The van der Waals surface area contributed by atoms with E-state index in [1.165, 1.54) is 28.2 Å². The van der Waals surface area contributed by atoms with Gasteiger partial charge in [-0.25, -0.2) is 8.42 Å². The van der Waals surface area contributed by atoms with Crippen molar-refractivity contribution in [3.05, 3.63) is 53.6 Å². The second-order valence-corrected chi connectivity index (χ2v) is 10.3. The highest BCUT2D eigenvalue weighted by Gasteiger charge is 2.26. The summed E-state index contributed by atoms with van der Waals surface area (Å²) in [4.78, 5) is 25.1. The maximum atomic E-state index is 12.7. The minimum Gasteiger partial charge on any atom is -0.456 e. The van der Waals surface area contributed by atoms with Gasteiger partial charge in [-0.2, -0.15) is 4.31 Å². The topological polar surface area (TPSA) is 102 Å². The molecule has 1 fully saturated rings. The van der Waals surface area contributed by atoms with Gasteiger partial charge in [-0.3, -0.25) is 9.59 Å². The standard InChI is InChI=1S/C21H23ClN2O6S2/c22-16-4-6-18(7-5-16)31-13-8-21(26)30-15-20(25)23-17-2-1-3-19(14-17)32(27,28)24-9-11-29-12-10-24/h1-7,14H,8-13,15H2,(H,23,25). The lowest BCUT2D eigenvalue weighted by Crippen LogP contribution is -2.40. The highest BCUT2D eigenvalue weighted by molar-refractivity contribution is 7.99. The molecule has 0 atom stereocenters. The van der Waals surface area contributed by atoms with Crippen molar-refractivity contribution in [2.45, 2.75) is 16.2 Å². The fourth-order valence-electron chi connectivity index (χ4n) is 2.87. The normalized spacial score (nSPS) is 14.7. The number of esters is 1. The van der Waals surface area contributed by atoms with E-state index in [9.17, 15) is 18.0 Å². The van der Waals surface area contributed by atoms with E-state index in [0.29, 0.717) is 29.7 Å². The number of morpholine rings is 1. The van der Waals surface area contributed by atoms with Crippen LogP contribution in [0.25, 0.3) is 0 Å². The Bertz CT molecular complexity index is 1040. The second-order valence-electron chi connectivity index (χ2n) is 6.81. The molecular formula is C21H23ClN2O6S2. The van der Waals surface area contributed by atoms with Gasteiger partial charge in [0.15, 0.2) is 6.61 Å². The summed E-state index contributed by atoms with van der Waals surface area (Å²) in [5.74, 6) is -0.543. The van der Waals surface area contributed by atoms with E-state index in [2.05, 4.69) is 5.32 Å². The van der Waals surface area contributed by atoms with Crippen LogP contribution in [0, 0.1) is 0 Å². The molecule has 2 aromatic carbocycles. The summed E-state index contributed by atoms with van der Waals surface area (Å²) in [6.45, 7) is 0.805. The van der Waals surface area contributed by atoms with E-state index >= 15 is 0 Å². The number of hydrogen-bond acceptors (Lipinski definition) is 7. The third kappa shape index (κ3) is 7.21. The first kappa shape index (κ1) is 24.5. The molecule has 0 spiro atoms. The molecule has 1 aliphatic heterocycles. The van der Waals surface area contributed by atoms with Crippen molar-refractivity contribution in [3.8, 4) is 0 Å². The van der Waals surface area contributed by atoms with Crippen molar-refractivity contribution in [2.24, 2.45) is 0 Å². The van der Waals surface area contributed by atoms with Gasteiger partial charge in [-0.1, -0.05) is 17.7 Å². The quantitative estimate of drug-likeness (QED) is 0.418. The lowest BCUT2D eigenvalue weighted by Gasteiger charge is -2.26. The number of benzene rings is 2. The van der Waals surface area contributed by atoms with Gasteiger partial charge in [0.25, 0.3) is 5.91 Å². The summed E-state index contributed by atoms with van der Waals surface area (Å²) in [5, 5.41) is 3.20. The zero-order chi connectivity index (χ0) is 23.0. The molecule has 1 aliphatic rings. The smallest absolute Gasteiger partial charge is 0.307 e. The van der Waals surface area contributed by atoms with E-state index in [4.69, 9.17) is 21.1 Å². The lowest BCUT2D eigenvalue weighted by atomic mass is 10.3. The number of anilines is 1. The second kappa shape index (κ2) is 11.7. The van der Waals surface area contributed by atoms with E-state index in [1.54, 1.807) is 24.3 Å². The first-order valence-electron chi connectivity index (χ1n) is 9.86. The van der Waals surface area contributed by atoms with Crippen LogP contribution in [0.2, 0.25) is 5.02 Å². The number of hydrogen-bond donors (Lipinski definition) is 1. The molecular weight excluding hydrogens is 476 g/mol. The van der Waals surface area contributed by atoms with Gasteiger partial charge < -0.3 is 14.8 Å². The summed E-state index contributed by atoms with van der Waals surface area (Å²) in [5.41, 5.74) is 0.304. The number of halogens is 1. The van der Waals surface area contributed by atoms with Gasteiger partial charge in [-0.05, 0) is 42.5 Å². The van der Waals surface area contributed by atoms with Crippen molar-refractivity contribution in [2.75, 3.05) is 44.0 Å². The average molecular weight is 499 g/mol. The maximum absolute atomic E-state index is 12.7. The van der Waals surface area contributed by atoms with Crippen LogP contribution in [-0.2, 0) is 29.1 Å². The minimum absolute atomic E-state index is 0.0772. The molecule has 1 heterocycles. The van der Waals surface area contributed by atoms with Gasteiger partial charge in [0.1, 0.15) is 0 Å². The first-order chi connectivity index (χ1) is 15.3. The first-order valence-corrected chi connectivity index (χ1v) is 12.7. The number of ether oxygens (including phenoxy) is 2. The van der Waals surface area contributed by atoms with Crippen molar-refractivity contribution >= 4 is 50.9 Å². The number of thioether (sulfide) groups is 1. The highest BCUT2D eigenvalue weighted by atomic mass is 35.5. The van der Waals surface area contributed by atoms with Crippen LogP contribution in [0.15, 0.2) is 58.3 Å². The zero-order valence-corrected chi connectivity index (χ0v) is 19.5. The number of carbonyl (C=O) groups is 2. The number of amides is 1. The lowest BCUT2D eigenvalue weighted by molar-refractivity contribution is -0.146. The van der Waals surface area contributed by atoms with Gasteiger partial charge in [0.2, 0.25) is 10.0 Å². The third-order valence-electron chi connectivity index (χ3n) is 4.48. The van der Waals surface area contributed by atoms with Gasteiger partial charge in [0.05, 0.1) is 24.5 Å². The number of carbonyl (C=O) groups excluding carboxylic acids is 2. The van der Waals surface area contributed by atoms with Crippen molar-refractivity contribution in [3.63, 3.8) is 0 Å². The van der Waals surface area contributed by atoms with Gasteiger partial charge >= 0.3 is 5.97 Å². The Morgan fingerprint density at radius 1 is 1.12 bits per heavy atom. The summed E-state index contributed by atoms with van der Waals surface area (Å²) < 4.78 is 37.0. The predicted octanol–water partition coefficient (Wildman–Crippen LogP) is 3.03. The van der Waals surface area contributed by atoms with E-state index in [-0.39, 0.29) is 24.4 Å². The van der Waals surface area contributed by atoms with Gasteiger partial charge in [-0.15, -0.1) is 11.8 Å². The van der Waals surface area contributed by atoms with Crippen LogP contribution in [0.4, 0.5) is 5.69 Å². The SMILES string of the molecule is O=C(COC(=O)CCSc1ccc(Cl)cc1)Nc1cccc(S(=O)(=O)N2CCOCC2)c1. The summed E-state index contributed by atoms with van der Waals surface area (Å²) in [6, 6.07) is 13.2. The number of rotatable bonds is 9. The molecule has 0 aliphatic carbocycles. The van der Waals surface area contributed by atoms with Crippen LogP contribution >= 0.6 is 23.4 Å². The molecule has 172 valence electrons. The van der Waals surface area contributed by atoms with Crippen LogP contribution in [0.5, 0.6) is 0 Å². The predicted molar refractivity (Wildman–Crippen MR) is 122 cm³/mol. The van der Waals surface area contributed by atoms with Crippen LogP contribution in [0.1, 0.15) is 6.42 Å². The molecule has 1 N–H and O–H groups in total. The number of nitrogens with zero attached hydrogens (tertiary/aromatic N) is 1. The molecule has 0 unspecified atom stereocenters. The molecule has 0 aromatic heterocycles. The summed E-state index contributed by atoms with van der Waals surface area (Å²) in [7, 11) is -3.67.